The standard InChI is InChI=1S/C18H21N3O3/c1-13(2)19-16-7-3-4-8-21(16)18(23)14-10-17(22)20(11-14)12-15-6-5-9-24-15/h3-9,13-14H,10-12H2,1-2H3. The first-order valence-electron chi connectivity index (χ1n) is 8.10. The van der Waals surface area contributed by atoms with E-state index in [1.165, 1.54) is 0 Å². The van der Waals surface area contributed by atoms with Gasteiger partial charge in [0.05, 0.1) is 18.7 Å². The maximum Gasteiger partial charge on any atom is 0.237 e. The van der Waals surface area contributed by atoms with Crippen LogP contribution < -0.4 is 5.49 Å². The van der Waals surface area contributed by atoms with Crippen LogP contribution in [-0.2, 0) is 11.3 Å². The van der Waals surface area contributed by atoms with Gasteiger partial charge in [-0.3, -0.25) is 19.1 Å². The van der Waals surface area contributed by atoms with Crippen LogP contribution in [0.5, 0.6) is 0 Å². The molecule has 1 unspecified atom stereocenters. The second kappa shape index (κ2) is 6.86. The third-order valence-corrected chi connectivity index (χ3v) is 3.96. The molecule has 0 saturated carbocycles. The number of carbonyl (C=O) groups excluding carboxylic acids is 2. The molecule has 0 aliphatic carbocycles. The Balaban J connectivity index is 1.78. The van der Waals surface area contributed by atoms with Crippen molar-refractivity contribution in [3.63, 3.8) is 0 Å². The summed E-state index contributed by atoms with van der Waals surface area (Å²) in [4.78, 5) is 31.2. The predicted molar refractivity (Wildman–Crippen MR) is 88.0 cm³/mol. The van der Waals surface area contributed by atoms with E-state index < -0.39 is 0 Å². The van der Waals surface area contributed by atoms with E-state index in [1.54, 1.807) is 34.1 Å². The van der Waals surface area contributed by atoms with Gasteiger partial charge in [-0.2, -0.15) is 0 Å². The summed E-state index contributed by atoms with van der Waals surface area (Å²) in [5.74, 6) is 0.245. The number of pyridine rings is 1. The average molecular weight is 327 g/mol. The van der Waals surface area contributed by atoms with Crippen molar-refractivity contribution >= 4 is 11.8 Å². The van der Waals surface area contributed by atoms with Crippen molar-refractivity contribution in [2.75, 3.05) is 6.54 Å². The highest BCUT2D eigenvalue weighted by molar-refractivity contribution is 5.90. The van der Waals surface area contributed by atoms with E-state index in [-0.39, 0.29) is 30.2 Å². The molecule has 1 aliphatic heterocycles. The maximum absolute atomic E-state index is 12.8. The maximum atomic E-state index is 12.8. The molecule has 1 atom stereocenters. The van der Waals surface area contributed by atoms with Crippen molar-refractivity contribution in [2.45, 2.75) is 32.9 Å². The summed E-state index contributed by atoms with van der Waals surface area (Å²) in [5, 5.41) is 0. The Kier molecular flexibility index (Phi) is 4.64. The van der Waals surface area contributed by atoms with Gasteiger partial charge in [0.2, 0.25) is 11.8 Å². The second-order valence-corrected chi connectivity index (χ2v) is 6.24. The van der Waals surface area contributed by atoms with E-state index in [9.17, 15) is 9.59 Å². The number of nitrogens with zero attached hydrogens (tertiary/aromatic N) is 3. The summed E-state index contributed by atoms with van der Waals surface area (Å²) >= 11 is 0. The second-order valence-electron chi connectivity index (χ2n) is 6.24. The lowest BCUT2D eigenvalue weighted by Gasteiger charge is -2.15. The van der Waals surface area contributed by atoms with Crippen LogP contribution in [0.15, 0.2) is 52.2 Å². The highest BCUT2D eigenvalue weighted by atomic mass is 16.3. The fourth-order valence-corrected chi connectivity index (χ4v) is 2.87. The lowest BCUT2D eigenvalue weighted by molar-refractivity contribution is -0.128. The first-order valence-corrected chi connectivity index (χ1v) is 8.10. The topological polar surface area (TPSA) is 67.8 Å². The summed E-state index contributed by atoms with van der Waals surface area (Å²) in [6, 6.07) is 9.18. The van der Waals surface area contributed by atoms with Crippen molar-refractivity contribution in [1.29, 1.82) is 0 Å². The van der Waals surface area contributed by atoms with E-state index in [2.05, 4.69) is 4.99 Å². The van der Waals surface area contributed by atoms with Crippen LogP contribution in [0.2, 0.25) is 0 Å². The third-order valence-electron chi connectivity index (χ3n) is 3.96. The quantitative estimate of drug-likeness (QED) is 0.863. The summed E-state index contributed by atoms with van der Waals surface area (Å²) in [6.07, 6.45) is 3.52. The fourth-order valence-electron chi connectivity index (χ4n) is 2.87. The molecule has 1 saturated heterocycles. The molecular weight excluding hydrogens is 306 g/mol. The van der Waals surface area contributed by atoms with Crippen LogP contribution >= 0.6 is 0 Å². The summed E-state index contributed by atoms with van der Waals surface area (Å²) in [7, 11) is 0. The van der Waals surface area contributed by atoms with Crippen LogP contribution in [-0.4, -0.2) is 33.9 Å². The van der Waals surface area contributed by atoms with E-state index in [1.807, 2.05) is 32.0 Å². The zero-order chi connectivity index (χ0) is 17.1. The van der Waals surface area contributed by atoms with Gasteiger partial charge in [0.25, 0.3) is 0 Å². The first kappa shape index (κ1) is 16.2. The van der Waals surface area contributed by atoms with E-state index in [0.717, 1.165) is 5.76 Å². The van der Waals surface area contributed by atoms with E-state index in [0.29, 0.717) is 18.6 Å². The lowest BCUT2D eigenvalue weighted by Crippen LogP contribution is -2.33. The van der Waals surface area contributed by atoms with Crippen LogP contribution in [0.25, 0.3) is 0 Å². The van der Waals surface area contributed by atoms with Gasteiger partial charge < -0.3 is 9.32 Å². The minimum atomic E-state index is -0.360. The molecule has 1 amide bonds. The van der Waals surface area contributed by atoms with E-state index >= 15 is 0 Å². The zero-order valence-corrected chi connectivity index (χ0v) is 13.9. The Morgan fingerprint density at radius 3 is 2.88 bits per heavy atom. The van der Waals surface area contributed by atoms with E-state index in [4.69, 9.17) is 4.42 Å². The monoisotopic (exact) mass is 327 g/mol. The first-order chi connectivity index (χ1) is 11.5. The summed E-state index contributed by atoms with van der Waals surface area (Å²) in [6.45, 7) is 4.73. The molecule has 3 heterocycles. The van der Waals surface area contributed by atoms with Crippen molar-refractivity contribution in [1.82, 2.24) is 9.47 Å². The molecule has 0 radical (unpaired) electrons. The number of hydrogen-bond acceptors (Lipinski definition) is 4. The molecule has 0 bridgehead atoms. The van der Waals surface area contributed by atoms with Crippen LogP contribution in [0, 0.1) is 5.92 Å². The third kappa shape index (κ3) is 3.48. The predicted octanol–water partition coefficient (Wildman–Crippen LogP) is 2.08. The number of aromatic nitrogens is 1. The van der Waals surface area contributed by atoms with Gasteiger partial charge in [-0.25, -0.2) is 0 Å². The highest BCUT2D eigenvalue weighted by Gasteiger charge is 2.35. The normalized spacial score (nSPS) is 18.6. The summed E-state index contributed by atoms with van der Waals surface area (Å²) in [5.41, 5.74) is 0.620. The van der Waals surface area contributed by atoms with Gasteiger partial charge in [0, 0.05) is 25.2 Å². The molecule has 3 rings (SSSR count). The molecule has 6 nitrogen and oxygen atoms in total. The number of hydrogen-bond donors (Lipinski definition) is 0. The van der Waals surface area contributed by atoms with Crippen LogP contribution in [0.4, 0.5) is 0 Å². The van der Waals surface area contributed by atoms with Gasteiger partial charge >= 0.3 is 0 Å². The zero-order valence-electron chi connectivity index (χ0n) is 13.9. The molecule has 2 aromatic rings. The summed E-state index contributed by atoms with van der Waals surface area (Å²) < 4.78 is 6.84. The van der Waals surface area contributed by atoms with Crippen molar-refractivity contribution in [3.8, 4) is 0 Å². The number of furan rings is 1. The van der Waals surface area contributed by atoms with Crippen molar-refractivity contribution in [3.05, 3.63) is 54.0 Å². The number of likely N-dealkylation sites (tertiary alicyclic amines) is 1. The van der Waals surface area contributed by atoms with Crippen molar-refractivity contribution < 1.29 is 14.0 Å². The molecule has 6 heteroatoms. The molecule has 0 N–H and O–H groups in total. The Bertz CT molecular complexity index is 790. The van der Waals surface area contributed by atoms with Gasteiger partial charge in [-0.05, 0) is 38.1 Å². The van der Waals surface area contributed by atoms with Crippen LogP contribution in [0.1, 0.15) is 30.8 Å². The number of rotatable bonds is 4. The minimum absolute atomic E-state index is 0.0244. The van der Waals surface area contributed by atoms with Gasteiger partial charge in [-0.1, -0.05) is 6.07 Å². The molecule has 1 aliphatic rings. The SMILES string of the molecule is CC(C)N=c1ccccn1C(=O)C1CC(=O)N(Cc2ccco2)C1. The fraction of sp³-hybridized carbons (Fsp3) is 0.389. The van der Waals surface area contributed by atoms with Crippen molar-refractivity contribution in [2.24, 2.45) is 10.9 Å². The molecule has 2 aromatic heterocycles. The smallest absolute Gasteiger partial charge is 0.237 e. The van der Waals surface area contributed by atoms with Gasteiger partial charge in [0.15, 0.2) is 0 Å². The lowest BCUT2D eigenvalue weighted by atomic mass is 10.1. The molecule has 0 spiro atoms. The Hall–Kier alpha value is -2.63. The molecule has 1 fully saturated rings. The molecular formula is C18H21N3O3. The number of carbonyl (C=O) groups is 2. The average Bonchev–Trinajstić information content (AvgIpc) is 3.18. The van der Waals surface area contributed by atoms with Gasteiger partial charge in [-0.15, -0.1) is 0 Å². The Morgan fingerprint density at radius 2 is 2.17 bits per heavy atom. The molecule has 126 valence electrons. The molecule has 24 heavy (non-hydrogen) atoms. The number of amides is 1. The minimum Gasteiger partial charge on any atom is -0.467 e. The van der Waals surface area contributed by atoms with Crippen LogP contribution in [0.3, 0.4) is 0 Å². The highest BCUT2D eigenvalue weighted by Crippen LogP contribution is 2.21. The Labute approximate surface area is 140 Å². The largest absolute Gasteiger partial charge is 0.467 e. The van der Waals surface area contributed by atoms with Gasteiger partial charge in [0.1, 0.15) is 11.2 Å². The molecule has 0 aromatic carbocycles. The Morgan fingerprint density at radius 1 is 1.33 bits per heavy atom.